The van der Waals surface area contributed by atoms with Crippen molar-refractivity contribution in [2.45, 2.75) is 31.3 Å². The van der Waals surface area contributed by atoms with Gasteiger partial charge < -0.3 is 5.11 Å². The molecule has 0 radical (unpaired) electrons. The van der Waals surface area contributed by atoms with Gasteiger partial charge in [0, 0.05) is 17.2 Å². The van der Waals surface area contributed by atoms with Gasteiger partial charge in [0.15, 0.2) is 11.4 Å². The second kappa shape index (κ2) is 10.7. The zero-order valence-corrected chi connectivity index (χ0v) is 20.2. The molecule has 1 aliphatic rings. The molecule has 1 aliphatic carbocycles. The van der Waals surface area contributed by atoms with Crippen LogP contribution in [-0.4, -0.2) is 16.6 Å². The van der Waals surface area contributed by atoms with E-state index in [2.05, 4.69) is 0 Å². The summed E-state index contributed by atoms with van der Waals surface area (Å²) in [4.78, 5) is 14.0. The third kappa shape index (κ3) is 4.73. The number of rotatable bonds is 7. The predicted molar refractivity (Wildman–Crippen MR) is 146 cm³/mol. The maximum absolute atomic E-state index is 14.0. The van der Waals surface area contributed by atoms with Gasteiger partial charge in [0.25, 0.3) is 0 Å². The summed E-state index contributed by atoms with van der Waals surface area (Å²) in [5.74, 6) is -0.740. The van der Waals surface area contributed by atoms with Crippen molar-refractivity contribution in [2.24, 2.45) is 11.0 Å². The summed E-state index contributed by atoms with van der Waals surface area (Å²) < 4.78 is 0. The van der Waals surface area contributed by atoms with E-state index in [4.69, 9.17) is 5.10 Å². The summed E-state index contributed by atoms with van der Waals surface area (Å²) in [5.41, 5.74) is 2.07. The number of ketones is 1. The Morgan fingerprint density at radius 3 is 1.78 bits per heavy atom. The lowest BCUT2D eigenvalue weighted by molar-refractivity contribution is 0.00612. The number of aliphatic hydroxyl groups is 1. The van der Waals surface area contributed by atoms with Crippen molar-refractivity contribution in [1.29, 1.82) is 0 Å². The van der Waals surface area contributed by atoms with Crippen LogP contribution in [0.3, 0.4) is 0 Å². The van der Waals surface area contributed by atoms with Gasteiger partial charge in [-0.15, -0.1) is 0 Å². The molecule has 0 bridgehead atoms. The van der Waals surface area contributed by atoms with Crippen LogP contribution < -0.4 is 5.01 Å². The first-order valence-electron chi connectivity index (χ1n) is 12.5. The average molecular weight is 475 g/mol. The summed E-state index contributed by atoms with van der Waals surface area (Å²) in [6.45, 7) is 0. The third-order valence-corrected chi connectivity index (χ3v) is 6.91. The fourth-order valence-corrected chi connectivity index (χ4v) is 5.09. The Balaban J connectivity index is 1.65. The smallest absolute Gasteiger partial charge is 0.199 e. The number of Topliss-reactive ketones (excluding diaryl/α,β-unsaturated/α-hetero) is 1. The van der Waals surface area contributed by atoms with Crippen LogP contribution >= 0.6 is 0 Å². The lowest BCUT2D eigenvalue weighted by Crippen LogP contribution is -2.48. The molecule has 36 heavy (non-hydrogen) atoms. The van der Waals surface area contributed by atoms with Crippen molar-refractivity contribution in [1.82, 2.24) is 0 Å². The van der Waals surface area contributed by atoms with Gasteiger partial charge in [-0.3, -0.25) is 4.79 Å². The monoisotopic (exact) mass is 474 g/mol. The molecule has 4 nitrogen and oxygen atoms in total. The molecular formula is C32H30N2O2. The molecule has 4 aromatic rings. The standard InChI is InChI=1S/C32H30N2O2/c35-31(25-15-5-1-6-16-25)32(36,26-17-7-2-8-18-26)29-23-13-14-24-30(29)33-34(27-19-9-3-10-20-27)28-21-11-4-12-22-28/h1-12,15-22,29,36H,13-14,23-24H2/b33-30+/t29-,32+/m1/s1. The fourth-order valence-electron chi connectivity index (χ4n) is 5.09. The van der Waals surface area contributed by atoms with Crippen LogP contribution in [0.4, 0.5) is 11.4 Å². The molecule has 0 unspecified atom stereocenters. The molecule has 0 heterocycles. The van der Waals surface area contributed by atoms with Crippen LogP contribution in [0.25, 0.3) is 0 Å². The highest BCUT2D eigenvalue weighted by Gasteiger charge is 2.48. The van der Waals surface area contributed by atoms with Gasteiger partial charge in [-0.1, -0.05) is 103 Å². The van der Waals surface area contributed by atoms with Crippen LogP contribution in [-0.2, 0) is 5.60 Å². The topological polar surface area (TPSA) is 52.9 Å². The lowest BCUT2D eigenvalue weighted by Gasteiger charge is -2.39. The summed E-state index contributed by atoms with van der Waals surface area (Å²) in [5, 5.41) is 19.5. The van der Waals surface area contributed by atoms with Gasteiger partial charge in [-0.2, -0.15) is 5.10 Å². The molecule has 0 spiro atoms. The van der Waals surface area contributed by atoms with Crippen molar-refractivity contribution in [2.75, 3.05) is 5.01 Å². The summed E-state index contributed by atoms with van der Waals surface area (Å²) in [7, 11) is 0. The molecule has 0 saturated heterocycles. The second-order valence-electron chi connectivity index (χ2n) is 9.20. The SMILES string of the molecule is O=C(c1ccccc1)[C@](O)(c1ccccc1)[C@@H]1CCCC/C1=N\N(c1ccccc1)c1ccccc1. The van der Waals surface area contributed by atoms with Crippen molar-refractivity contribution in [3.8, 4) is 0 Å². The third-order valence-electron chi connectivity index (χ3n) is 6.91. The second-order valence-corrected chi connectivity index (χ2v) is 9.20. The highest BCUT2D eigenvalue weighted by Crippen LogP contribution is 2.41. The van der Waals surface area contributed by atoms with E-state index >= 15 is 0 Å². The van der Waals surface area contributed by atoms with Crippen molar-refractivity contribution < 1.29 is 9.90 Å². The highest BCUT2D eigenvalue weighted by atomic mass is 16.3. The predicted octanol–water partition coefficient (Wildman–Crippen LogP) is 7.14. The van der Waals surface area contributed by atoms with Gasteiger partial charge in [0.1, 0.15) is 0 Å². The summed E-state index contributed by atoms with van der Waals surface area (Å²) in [6.07, 6.45) is 3.30. The molecule has 2 atom stereocenters. The van der Waals surface area contributed by atoms with E-state index in [-0.39, 0.29) is 5.78 Å². The Morgan fingerprint density at radius 2 is 1.22 bits per heavy atom. The molecular weight excluding hydrogens is 444 g/mol. The number of anilines is 2. The average Bonchev–Trinajstić information content (AvgIpc) is 2.97. The van der Waals surface area contributed by atoms with E-state index in [1.807, 2.05) is 114 Å². The number of nitrogens with zero attached hydrogens (tertiary/aromatic N) is 2. The highest BCUT2D eigenvalue weighted by molar-refractivity contribution is 6.07. The number of para-hydroxylation sites is 2. The Kier molecular flexibility index (Phi) is 7.06. The molecule has 1 fully saturated rings. The molecule has 4 aromatic carbocycles. The first-order valence-corrected chi connectivity index (χ1v) is 12.5. The number of benzene rings is 4. The summed E-state index contributed by atoms with van der Waals surface area (Å²) >= 11 is 0. The molecule has 0 amide bonds. The minimum atomic E-state index is -1.72. The van der Waals surface area contributed by atoms with Crippen molar-refractivity contribution in [3.05, 3.63) is 132 Å². The molecule has 0 aromatic heterocycles. The van der Waals surface area contributed by atoms with Gasteiger partial charge in [-0.05, 0) is 49.1 Å². The number of hydrazone groups is 1. The van der Waals surface area contributed by atoms with E-state index in [1.54, 1.807) is 12.1 Å². The molecule has 1 N–H and O–H groups in total. The number of hydrogen-bond acceptors (Lipinski definition) is 4. The first kappa shape index (κ1) is 23.7. The maximum Gasteiger partial charge on any atom is 0.199 e. The van der Waals surface area contributed by atoms with Crippen LogP contribution in [0.15, 0.2) is 126 Å². The zero-order valence-electron chi connectivity index (χ0n) is 20.2. The Hall–Kier alpha value is -4.02. The van der Waals surface area contributed by atoms with Gasteiger partial charge in [0.2, 0.25) is 0 Å². The first-order chi connectivity index (χ1) is 17.7. The quantitative estimate of drug-likeness (QED) is 0.229. The van der Waals surface area contributed by atoms with E-state index in [0.717, 1.165) is 36.3 Å². The van der Waals surface area contributed by atoms with E-state index < -0.39 is 11.5 Å². The molecule has 4 heteroatoms. The molecule has 0 aliphatic heterocycles. The van der Waals surface area contributed by atoms with E-state index in [0.29, 0.717) is 17.5 Å². The lowest BCUT2D eigenvalue weighted by atomic mass is 9.69. The minimum absolute atomic E-state index is 0.292. The van der Waals surface area contributed by atoms with Crippen molar-refractivity contribution in [3.63, 3.8) is 0 Å². The van der Waals surface area contributed by atoms with Crippen LogP contribution in [0.1, 0.15) is 41.6 Å². The van der Waals surface area contributed by atoms with Crippen molar-refractivity contribution >= 4 is 22.9 Å². The van der Waals surface area contributed by atoms with E-state index in [1.165, 1.54) is 0 Å². The zero-order chi connectivity index (χ0) is 24.8. The number of hydrogen-bond donors (Lipinski definition) is 1. The van der Waals surface area contributed by atoms with E-state index in [9.17, 15) is 9.90 Å². The van der Waals surface area contributed by atoms with Crippen LogP contribution in [0, 0.1) is 5.92 Å². The maximum atomic E-state index is 14.0. The van der Waals surface area contributed by atoms with Crippen LogP contribution in [0.5, 0.6) is 0 Å². The molecule has 1 saturated carbocycles. The largest absolute Gasteiger partial charge is 0.376 e. The Labute approximate surface area is 212 Å². The number of carbonyl (C=O) groups excluding carboxylic acids is 1. The minimum Gasteiger partial charge on any atom is -0.376 e. The fraction of sp³-hybridized carbons (Fsp3) is 0.188. The Bertz CT molecular complexity index is 1270. The summed E-state index contributed by atoms with van der Waals surface area (Å²) in [6, 6.07) is 38.4. The molecule has 180 valence electrons. The normalized spacial score (nSPS) is 18.4. The van der Waals surface area contributed by atoms with Gasteiger partial charge in [0.05, 0.1) is 11.4 Å². The molecule has 5 rings (SSSR count). The number of carbonyl (C=O) groups is 1. The van der Waals surface area contributed by atoms with Crippen LogP contribution in [0.2, 0.25) is 0 Å². The van der Waals surface area contributed by atoms with Gasteiger partial charge >= 0.3 is 0 Å². The van der Waals surface area contributed by atoms with Gasteiger partial charge in [-0.25, -0.2) is 5.01 Å². The Morgan fingerprint density at radius 1 is 0.722 bits per heavy atom.